The maximum Gasteiger partial charge on any atom is 0.261 e. The standard InChI is InChI=1S/C20H18N4O3/c1-12(25)21-14-5-7-15(8-6-14)22-19(26)13-4-9-16-17(11-13)23-18-3-2-10-24(18)20(16)27/h4-9,11H,2-3,10H2,1H3,(H,21,25)(H,22,26). The van der Waals surface area contributed by atoms with Gasteiger partial charge in [-0.3, -0.25) is 19.0 Å². The first-order chi connectivity index (χ1) is 13.0. The SMILES string of the molecule is CC(=O)Nc1ccc(NC(=O)c2ccc3c(=O)n4c(nc3c2)CCC4)cc1. The van der Waals surface area contributed by atoms with E-state index in [9.17, 15) is 14.4 Å². The van der Waals surface area contributed by atoms with Crippen molar-refractivity contribution in [2.45, 2.75) is 26.3 Å². The molecule has 0 atom stereocenters. The fourth-order valence-corrected chi connectivity index (χ4v) is 3.27. The van der Waals surface area contributed by atoms with Crippen molar-refractivity contribution in [3.63, 3.8) is 0 Å². The predicted octanol–water partition coefficient (Wildman–Crippen LogP) is 2.55. The third-order valence-electron chi connectivity index (χ3n) is 4.54. The fourth-order valence-electron chi connectivity index (χ4n) is 3.27. The Bertz CT molecular complexity index is 1120. The lowest BCUT2D eigenvalue weighted by Gasteiger charge is -2.09. The lowest BCUT2D eigenvalue weighted by Crippen LogP contribution is -2.21. The van der Waals surface area contributed by atoms with E-state index in [2.05, 4.69) is 15.6 Å². The first kappa shape index (κ1) is 17.0. The number of anilines is 2. The van der Waals surface area contributed by atoms with Crippen LogP contribution in [0.2, 0.25) is 0 Å². The van der Waals surface area contributed by atoms with Gasteiger partial charge in [0, 0.05) is 36.8 Å². The summed E-state index contributed by atoms with van der Waals surface area (Å²) in [6, 6.07) is 11.8. The van der Waals surface area contributed by atoms with Crippen molar-refractivity contribution < 1.29 is 9.59 Å². The Labute approximate surface area is 155 Å². The number of aromatic nitrogens is 2. The first-order valence-corrected chi connectivity index (χ1v) is 8.74. The first-order valence-electron chi connectivity index (χ1n) is 8.74. The molecule has 0 saturated carbocycles. The number of nitrogens with zero attached hydrogens (tertiary/aromatic N) is 2. The fraction of sp³-hybridized carbons (Fsp3) is 0.200. The second-order valence-electron chi connectivity index (χ2n) is 6.53. The van der Waals surface area contributed by atoms with Gasteiger partial charge in [0.2, 0.25) is 5.91 Å². The highest BCUT2D eigenvalue weighted by molar-refractivity contribution is 6.06. The number of hydrogen-bond acceptors (Lipinski definition) is 4. The van der Waals surface area contributed by atoms with E-state index in [0.29, 0.717) is 34.4 Å². The van der Waals surface area contributed by atoms with Crippen LogP contribution in [0.3, 0.4) is 0 Å². The van der Waals surface area contributed by atoms with Crippen LogP contribution in [0.5, 0.6) is 0 Å². The number of benzene rings is 2. The van der Waals surface area contributed by atoms with Crippen LogP contribution in [0, 0.1) is 0 Å². The molecule has 136 valence electrons. The average molecular weight is 362 g/mol. The summed E-state index contributed by atoms with van der Waals surface area (Å²) in [5, 5.41) is 6.00. The van der Waals surface area contributed by atoms with Gasteiger partial charge < -0.3 is 10.6 Å². The van der Waals surface area contributed by atoms with Gasteiger partial charge in [0.25, 0.3) is 11.5 Å². The van der Waals surface area contributed by atoms with Gasteiger partial charge in [0.15, 0.2) is 0 Å². The molecule has 4 rings (SSSR count). The van der Waals surface area contributed by atoms with E-state index in [0.717, 1.165) is 18.7 Å². The average Bonchev–Trinajstić information content (AvgIpc) is 3.11. The van der Waals surface area contributed by atoms with Gasteiger partial charge in [-0.2, -0.15) is 0 Å². The topological polar surface area (TPSA) is 93.1 Å². The molecule has 2 N–H and O–H groups in total. The van der Waals surface area contributed by atoms with E-state index >= 15 is 0 Å². The van der Waals surface area contributed by atoms with Gasteiger partial charge >= 0.3 is 0 Å². The molecule has 2 amide bonds. The number of carbonyl (C=O) groups excluding carboxylic acids is 2. The number of carbonyl (C=O) groups is 2. The molecule has 0 aliphatic carbocycles. The molecule has 0 fully saturated rings. The molecule has 2 aromatic carbocycles. The molecule has 0 radical (unpaired) electrons. The summed E-state index contributed by atoms with van der Waals surface area (Å²) < 4.78 is 1.71. The number of rotatable bonds is 3. The quantitative estimate of drug-likeness (QED) is 0.749. The Balaban J connectivity index is 1.58. The third kappa shape index (κ3) is 3.31. The second-order valence-corrected chi connectivity index (χ2v) is 6.53. The Morgan fingerprint density at radius 3 is 2.44 bits per heavy atom. The normalized spacial score (nSPS) is 12.6. The van der Waals surface area contributed by atoms with Crippen molar-refractivity contribution in [3.05, 3.63) is 64.2 Å². The van der Waals surface area contributed by atoms with Crippen molar-refractivity contribution >= 4 is 34.1 Å². The molecular weight excluding hydrogens is 344 g/mol. The van der Waals surface area contributed by atoms with Crippen molar-refractivity contribution in [2.75, 3.05) is 10.6 Å². The summed E-state index contributed by atoms with van der Waals surface area (Å²) in [6.07, 6.45) is 1.70. The van der Waals surface area contributed by atoms with E-state index in [1.807, 2.05) is 0 Å². The molecule has 0 saturated heterocycles. The third-order valence-corrected chi connectivity index (χ3v) is 4.54. The van der Waals surface area contributed by atoms with Crippen LogP contribution in [-0.2, 0) is 17.8 Å². The number of aryl methyl sites for hydroxylation is 1. The van der Waals surface area contributed by atoms with E-state index < -0.39 is 0 Å². The van der Waals surface area contributed by atoms with Gasteiger partial charge in [-0.15, -0.1) is 0 Å². The molecule has 3 aromatic rings. The van der Waals surface area contributed by atoms with E-state index in [1.165, 1.54) is 6.92 Å². The van der Waals surface area contributed by atoms with Crippen molar-refractivity contribution in [1.29, 1.82) is 0 Å². The van der Waals surface area contributed by atoms with Gasteiger partial charge in [-0.05, 0) is 48.9 Å². The second kappa shape index (κ2) is 6.68. The van der Waals surface area contributed by atoms with Crippen LogP contribution in [0.25, 0.3) is 10.9 Å². The smallest absolute Gasteiger partial charge is 0.261 e. The summed E-state index contributed by atoms with van der Waals surface area (Å²) >= 11 is 0. The molecule has 0 bridgehead atoms. The van der Waals surface area contributed by atoms with Crippen LogP contribution in [0.1, 0.15) is 29.5 Å². The Hall–Kier alpha value is -3.48. The van der Waals surface area contributed by atoms with Crippen LogP contribution in [0.15, 0.2) is 47.3 Å². The van der Waals surface area contributed by atoms with E-state index in [1.54, 1.807) is 47.0 Å². The van der Waals surface area contributed by atoms with Crippen molar-refractivity contribution in [1.82, 2.24) is 9.55 Å². The monoisotopic (exact) mass is 362 g/mol. The Kier molecular flexibility index (Phi) is 4.19. The highest BCUT2D eigenvalue weighted by Crippen LogP contribution is 2.18. The van der Waals surface area contributed by atoms with E-state index in [4.69, 9.17) is 0 Å². The summed E-state index contributed by atoms with van der Waals surface area (Å²) in [5.41, 5.74) is 2.19. The lowest BCUT2D eigenvalue weighted by atomic mass is 10.1. The zero-order chi connectivity index (χ0) is 19.0. The largest absolute Gasteiger partial charge is 0.326 e. The van der Waals surface area contributed by atoms with Crippen molar-refractivity contribution in [3.8, 4) is 0 Å². The Morgan fingerprint density at radius 1 is 1.04 bits per heavy atom. The van der Waals surface area contributed by atoms with Crippen LogP contribution in [0.4, 0.5) is 11.4 Å². The predicted molar refractivity (Wildman–Crippen MR) is 103 cm³/mol. The van der Waals surface area contributed by atoms with Crippen LogP contribution >= 0.6 is 0 Å². The zero-order valence-corrected chi connectivity index (χ0v) is 14.8. The minimum atomic E-state index is -0.286. The summed E-state index contributed by atoms with van der Waals surface area (Å²) in [6.45, 7) is 2.14. The number of amides is 2. The van der Waals surface area contributed by atoms with Crippen molar-refractivity contribution in [2.24, 2.45) is 0 Å². The maximum atomic E-state index is 12.5. The highest BCUT2D eigenvalue weighted by Gasteiger charge is 2.17. The molecule has 1 aliphatic rings. The highest BCUT2D eigenvalue weighted by atomic mass is 16.2. The molecule has 2 heterocycles. The van der Waals surface area contributed by atoms with Gasteiger partial charge in [-0.25, -0.2) is 4.98 Å². The summed E-state index contributed by atoms with van der Waals surface area (Å²) in [7, 11) is 0. The molecule has 0 unspecified atom stereocenters. The summed E-state index contributed by atoms with van der Waals surface area (Å²) in [4.78, 5) is 40.6. The van der Waals surface area contributed by atoms with E-state index in [-0.39, 0.29) is 17.4 Å². The minimum absolute atomic E-state index is 0.0481. The number of fused-ring (bicyclic) bond motifs is 2. The van der Waals surface area contributed by atoms with Gasteiger partial charge in [0.05, 0.1) is 10.9 Å². The maximum absolute atomic E-state index is 12.5. The molecular formula is C20H18N4O3. The molecule has 1 aromatic heterocycles. The van der Waals surface area contributed by atoms with Gasteiger partial charge in [0.1, 0.15) is 5.82 Å². The minimum Gasteiger partial charge on any atom is -0.326 e. The van der Waals surface area contributed by atoms with Crippen LogP contribution in [-0.4, -0.2) is 21.4 Å². The lowest BCUT2D eigenvalue weighted by molar-refractivity contribution is -0.114. The molecule has 7 heteroatoms. The number of hydrogen-bond donors (Lipinski definition) is 2. The van der Waals surface area contributed by atoms with Gasteiger partial charge in [-0.1, -0.05) is 0 Å². The number of nitrogens with one attached hydrogen (secondary N) is 2. The molecule has 7 nitrogen and oxygen atoms in total. The molecule has 27 heavy (non-hydrogen) atoms. The van der Waals surface area contributed by atoms with Crippen LogP contribution < -0.4 is 16.2 Å². The summed E-state index contributed by atoms with van der Waals surface area (Å²) in [5.74, 6) is 0.336. The zero-order valence-electron chi connectivity index (χ0n) is 14.8. The molecule has 0 spiro atoms. The Morgan fingerprint density at radius 2 is 1.74 bits per heavy atom. The molecule has 1 aliphatic heterocycles.